The quantitative estimate of drug-likeness (QED) is 0.352. The number of hydrogen-bond donors (Lipinski definition) is 3. The highest BCUT2D eigenvalue weighted by molar-refractivity contribution is 5.96. The molecule has 0 radical (unpaired) electrons. The number of benzene rings is 2. The Balaban J connectivity index is 0.000000587. The van der Waals surface area contributed by atoms with Crippen molar-refractivity contribution in [2.45, 2.75) is 32.5 Å². The van der Waals surface area contributed by atoms with Crippen LogP contribution in [0.5, 0.6) is 0 Å². The summed E-state index contributed by atoms with van der Waals surface area (Å²) in [5, 5.41) is 19.8. The summed E-state index contributed by atoms with van der Waals surface area (Å²) >= 11 is 0. The van der Waals surface area contributed by atoms with Crippen LogP contribution in [-0.4, -0.2) is 101 Å². The number of nitrogens with zero attached hydrogens (tertiary/aromatic N) is 4. The number of piperazine rings is 1. The minimum atomic E-state index is -5.08. The number of carboxylic acids is 2. The number of nitrogens with one attached hydrogen (secondary N) is 1. The number of guanidine groups is 1. The summed E-state index contributed by atoms with van der Waals surface area (Å²) in [7, 11) is 0. The second-order valence-corrected chi connectivity index (χ2v) is 9.79. The van der Waals surface area contributed by atoms with E-state index in [1.165, 1.54) is 5.56 Å². The number of alkyl halides is 3. The second-order valence-electron chi connectivity index (χ2n) is 9.79. The molecule has 0 atom stereocenters. The fourth-order valence-corrected chi connectivity index (χ4v) is 4.31. The average Bonchev–Trinajstić information content (AvgIpc) is 3.48. The molecule has 2 fully saturated rings. The minimum Gasteiger partial charge on any atom is -0.478 e. The van der Waals surface area contributed by atoms with E-state index in [4.69, 9.17) is 14.9 Å². The molecule has 0 spiro atoms. The first-order chi connectivity index (χ1) is 19.4. The zero-order valence-electron chi connectivity index (χ0n) is 22.7. The number of carbonyl (C=O) groups is 3. The molecule has 2 aliphatic rings. The molecule has 0 unspecified atom stereocenters. The second kappa shape index (κ2) is 14.5. The number of carboxylic acid groups (broad SMARTS) is 2. The van der Waals surface area contributed by atoms with E-state index < -0.39 is 18.1 Å². The number of aryl methyl sites for hydroxylation is 1. The zero-order chi connectivity index (χ0) is 30.0. The zero-order valence-corrected chi connectivity index (χ0v) is 22.7. The van der Waals surface area contributed by atoms with Crippen molar-refractivity contribution in [3.63, 3.8) is 0 Å². The summed E-state index contributed by atoms with van der Waals surface area (Å²) in [6.07, 6.45) is -2.87. The van der Waals surface area contributed by atoms with Crippen LogP contribution < -0.4 is 5.32 Å². The molecule has 0 aromatic heterocycles. The van der Waals surface area contributed by atoms with Crippen molar-refractivity contribution < 1.29 is 37.8 Å². The Hall–Kier alpha value is -4.13. The first-order valence-electron chi connectivity index (χ1n) is 13.2. The molecule has 3 N–H and O–H groups in total. The Morgan fingerprint density at radius 2 is 1.51 bits per heavy atom. The maximum atomic E-state index is 12.5. The van der Waals surface area contributed by atoms with Gasteiger partial charge in [-0.25, -0.2) is 14.6 Å². The van der Waals surface area contributed by atoms with Crippen molar-refractivity contribution >= 4 is 29.5 Å². The molecule has 0 aliphatic carbocycles. The van der Waals surface area contributed by atoms with Gasteiger partial charge in [-0.05, 0) is 43.5 Å². The van der Waals surface area contributed by atoms with E-state index in [0.29, 0.717) is 24.7 Å². The number of hydrogen-bond acceptors (Lipinski definition) is 5. The van der Waals surface area contributed by atoms with Crippen LogP contribution >= 0.6 is 0 Å². The van der Waals surface area contributed by atoms with Crippen LogP contribution in [-0.2, 0) is 16.1 Å². The summed E-state index contributed by atoms with van der Waals surface area (Å²) in [6.45, 7) is 7.86. The summed E-state index contributed by atoms with van der Waals surface area (Å²) in [4.78, 5) is 44.0. The van der Waals surface area contributed by atoms with E-state index >= 15 is 0 Å². The molecule has 41 heavy (non-hydrogen) atoms. The SMILES string of the molecule is Cc1ccc(CN=C(Nc2cccc(C(=O)O)c2)N2CCN(CC(=O)N3CCCC3)CC2)cc1.O=C(O)C(F)(F)F. The van der Waals surface area contributed by atoms with Gasteiger partial charge < -0.3 is 25.3 Å². The van der Waals surface area contributed by atoms with Crippen LogP contribution in [0.25, 0.3) is 0 Å². The van der Waals surface area contributed by atoms with Gasteiger partial charge in [-0.15, -0.1) is 0 Å². The molecule has 2 aromatic rings. The molecule has 1 amide bonds. The van der Waals surface area contributed by atoms with Crippen LogP contribution in [0.2, 0.25) is 0 Å². The van der Waals surface area contributed by atoms with E-state index in [2.05, 4.69) is 46.3 Å². The standard InChI is InChI=1S/C26H33N5O3.C2HF3O2/c1-20-7-9-21(10-8-20)18-27-26(28-23-6-4-5-22(17-23)25(33)34)31-15-13-29(14-16-31)19-24(32)30-11-2-3-12-30;3-2(4,5)1(6)7/h4-10,17H,2-3,11-16,18-19H2,1H3,(H,27,28)(H,33,34);(H,6,7). The Bertz CT molecular complexity index is 1220. The summed E-state index contributed by atoms with van der Waals surface area (Å²) in [5.41, 5.74) is 3.23. The van der Waals surface area contributed by atoms with Crippen LogP contribution in [0.1, 0.15) is 34.3 Å². The Labute approximate surface area is 236 Å². The van der Waals surface area contributed by atoms with Gasteiger partial charge in [0.1, 0.15) is 0 Å². The van der Waals surface area contributed by atoms with Gasteiger partial charge in [0, 0.05) is 45.0 Å². The minimum absolute atomic E-state index is 0.225. The normalized spacial score (nSPS) is 16.1. The van der Waals surface area contributed by atoms with Gasteiger partial charge in [-0.2, -0.15) is 13.2 Å². The lowest BCUT2D eigenvalue weighted by atomic mass is 10.1. The van der Waals surface area contributed by atoms with Gasteiger partial charge in [0.15, 0.2) is 5.96 Å². The van der Waals surface area contributed by atoms with Crippen molar-refractivity contribution in [2.75, 3.05) is 51.1 Å². The van der Waals surface area contributed by atoms with Crippen molar-refractivity contribution in [1.82, 2.24) is 14.7 Å². The molecule has 10 nitrogen and oxygen atoms in total. The van der Waals surface area contributed by atoms with Gasteiger partial charge in [0.25, 0.3) is 0 Å². The third-order valence-electron chi connectivity index (χ3n) is 6.63. The van der Waals surface area contributed by atoms with Crippen LogP contribution in [0.4, 0.5) is 18.9 Å². The number of aromatic carboxylic acids is 1. The van der Waals surface area contributed by atoms with Gasteiger partial charge in [0.2, 0.25) is 5.91 Å². The lowest BCUT2D eigenvalue weighted by molar-refractivity contribution is -0.192. The van der Waals surface area contributed by atoms with Crippen LogP contribution in [0.15, 0.2) is 53.5 Å². The Kier molecular flexibility index (Phi) is 11.1. The molecule has 2 aromatic carbocycles. The molecule has 2 heterocycles. The molecule has 2 aliphatic heterocycles. The molecular weight excluding hydrogens is 543 g/mol. The first-order valence-corrected chi connectivity index (χ1v) is 13.2. The maximum absolute atomic E-state index is 12.5. The number of likely N-dealkylation sites (tertiary alicyclic amines) is 1. The lowest BCUT2D eigenvalue weighted by Crippen LogP contribution is -2.52. The molecule has 0 bridgehead atoms. The average molecular weight is 578 g/mol. The van der Waals surface area contributed by atoms with E-state index in [9.17, 15) is 27.9 Å². The number of amides is 1. The van der Waals surface area contributed by atoms with Crippen LogP contribution in [0, 0.1) is 6.92 Å². The number of aliphatic carboxylic acids is 1. The summed E-state index contributed by atoms with van der Waals surface area (Å²) < 4.78 is 31.7. The van der Waals surface area contributed by atoms with Crippen molar-refractivity contribution in [2.24, 2.45) is 4.99 Å². The van der Waals surface area contributed by atoms with Gasteiger partial charge in [0.05, 0.1) is 18.7 Å². The highest BCUT2D eigenvalue weighted by atomic mass is 19.4. The predicted octanol–water partition coefficient (Wildman–Crippen LogP) is 3.53. The molecular formula is C28H34F3N5O5. The molecule has 13 heteroatoms. The Morgan fingerprint density at radius 1 is 0.902 bits per heavy atom. The molecule has 4 rings (SSSR count). The monoisotopic (exact) mass is 577 g/mol. The molecule has 2 saturated heterocycles. The number of anilines is 1. The molecule has 0 saturated carbocycles. The van der Waals surface area contributed by atoms with E-state index in [1.807, 2.05) is 11.0 Å². The number of carbonyl (C=O) groups excluding carboxylic acids is 1. The van der Waals surface area contributed by atoms with Crippen molar-refractivity contribution in [1.29, 1.82) is 0 Å². The lowest BCUT2D eigenvalue weighted by Gasteiger charge is -2.36. The predicted molar refractivity (Wildman–Crippen MR) is 147 cm³/mol. The third-order valence-corrected chi connectivity index (χ3v) is 6.63. The largest absolute Gasteiger partial charge is 0.490 e. The van der Waals surface area contributed by atoms with E-state index in [-0.39, 0.29) is 11.5 Å². The first kappa shape index (κ1) is 31.4. The van der Waals surface area contributed by atoms with Gasteiger partial charge in [-0.3, -0.25) is 9.69 Å². The van der Waals surface area contributed by atoms with Crippen molar-refractivity contribution in [3.05, 3.63) is 65.2 Å². The van der Waals surface area contributed by atoms with Crippen molar-refractivity contribution in [3.8, 4) is 0 Å². The maximum Gasteiger partial charge on any atom is 0.490 e. The number of rotatable bonds is 6. The number of aliphatic imine (C=N–C) groups is 1. The van der Waals surface area contributed by atoms with Gasteiger partial charge in [-0.1, -0.05) is 35.9 Å². The topological polar surface area (TPSA) is 126 Å². The Morgan fingerprint density at radius 3 is 2.07 bits per heavy atom. The smallest absolute Gasteiger partial charge is 0.478 e. The fourth-order valence-electron chi connectivity index (χ4n) is 4.31. The van der Waals surface area contributed by atoms with Crippen LogP contribution in [0.3, 0.4) is 0 Å². The van der Waals surface area contributed by atoms with Gasteiger partial charge >= 0.3 is 18.1 Å². The number of halogens is 3. The third kappa shape index (κ3) is 10.1. The fraction of sp³-hybridized carbons (Fsp3) is 0.429. The summed E-state index contributed by atoms with van der Waals surface area (Å²) in [6, 6.07) is 15.1. The molecule has 222 valence electrons. The summed E-state index contributed by atoms with van der Waals surface area (Å²) in [5.74, 6) is -2.78. The van der Waals surface area contributed by atoms with E-state index in [1.54, 1.807) is 18.2 Å². The highest BCUT2D eigenvalue weighted by Crippen LogP contribution is 2.15. The van der Waals surface area contributed by atoms with E-state index in [0.717, 1.165) is 57.7 Å². The highest BCUT2D eigenvalue weighted by Gasteiger charge is 2.38.